The van der Waals surface area contributed by atoms with Gasteiger partial charge in [-0.3, -0.25) is 0 Å². The fourth-order valence-corrected chi connectivity index (χ4v) is 9.66. The van der Waals surface area contributed by atoms with Gasteiger partial charge in [0.25, 0.3) is 0 Å². The minimum Gasteiger partial charge on any atom is -0.515 e. The van der Waals surface area contributed by atoms with Gasteiger partial charge in [0, 0.05) is 0 Å². The molecule has 1 unspecified atom stereocenters. The van der Waals surface area contributed by atoms with Gasteiger partial charge in [0.1, 0.15) is 0 Å². The van der Waals surface area contributed by atoms with E-state index < -0.39 is 0 Å². The summed E-state index contributed by atoms with van der Waals surface area (Å²) >= 11 is 0. The summed E-state index contributed by atoms with van der Waals surface area (Å²) in [5, 5.41) is 9.28. The molecule has 1 heteroatoms. The van der Waals surface area contributed by atoms with Gasteiger partial charge < -0.3 is 5.11 Å². The lowest BCUT2D eigenvalue weighted by Crippen LogP contribution is -2.54. The van der Waals surface area contributed by atoms with Gasteiger partial charge >= 0.3 is 0 Å². The Kier molecular flexibility index (Phi) is 6.24. The highest BCUT2D eigenvalue weighted by Gasteiger charge is 2.60. The number of hydrogen-bond donors (Lipinski definition) is 1. The molecule has 0 spiro atoms. The molecular weight excluding hydrogens is 364 g/mol. The van der Waals surface area contributed by atoms with Gasteiger partial charge in [0.2, 0.25) is 0 Å². The first-order valence-electron chi connectivity index (χ1n) is 13.2. The summed E-state index contributed by atoms with van der Waals surface area (Å²) in [5.41, 5.74) is 3.26. The van der Waals surface area contributed by atoms with Crippen molar-refractivity contribution in [2.24, 2.45) is 52.3 Å². The second-order valence-electron chi connectivity index (χ2n) is 12.6. The van der Waals surface area contributed by atoms with E-state index in [1.54, 1.807) is 0 Å². The molecule has 1 nitrogen and oxygen atoms in total. The molecule has 0 radical (unpaired) electrons. The molecule has 1 N–H and O–H groups in total. The fraction of sp³-hybridized carbons (Fsp3) is 0.862. The molecule has 0 saturated heterocycles. The molecule has 4 aliphatic rings. The topological polar surface area (TPSA) is 20.2 Å². The average Bonchev–Trinajstić information content (AvgIpc) is 3.08. The molecule has 30 heavy (non-hydrogen) atoms. The first-order valence-corrected chi connectivity index (χ1v) is 13.2. The zero-order valence-electron chi connectivity index (χ0n) is 20.6. The minimum atomic E-state index is 0.563. The van der Waals surface area contributed by atoms with Crippen molar-refractivity contribution in [2.45, 2.75) is 105 Å². The van der Waals surface area contributed by atoms with E-state index >= 15 is 0 Å². The van der Waals surface area contributed by atoms with Crippen LogP contribution < -0.4 is 0 Å². The number of aliphatic hydroxyl groups excluding tert-OH is 1. The molecule has 0 aliphatic heterocycles. The zero-order valence-corrected chi connectivity index (χ0v) is 20.6. The lowest BCUT2D eigenvalue weighted by Gasteiger charge is -2.62. The Labute approximate surface area is 186 Å². The average molecular weight is 413 g/mol. The largest absolute Gasteiger partial charge is 0.515 e. The number of allylic oxidation sites excluding steroid dienone is 2. The lowest BCUT2D eigenvalue weighted by molar-refractivity contribution is -0.127. The Morgan fingerprint density at radius 3 is 2.43 bits per heavy atom. The molecule has 0 bridgehead atoms. The van der Waals surface area contributed by atoms with Crippen LogP contribution in [0.2, 0.25) is 0 Å². The normalized spacial score (nSPS) is 47.2. The summed E-state index contributed by atoms with van der Waals surface area (Å²) in [6, 6.07) is 0. The van der Waals surface area contributed by atoms with Gasteiger partial charge in [0.05, 0.1) is 6.26 Å². The van der Waals surface area contributed by atoms with Crippen LogP contribution in [0.4, 0.5) is 0 Å². The van der Waals surface area contributed by atoms with Crippen LogP contribution in [0.3, 0.4) is 0 Å². The van der Waals surface area contributed by atoms with E-state index in [1.165, 1.54) is 70.5 Å². The van der Waals surface area contributed by atoms with Gasteiger partial charge in [-0.2, -0.15) is 0 Å². The van der Waals surface area contributed by atoms with Crippen LogP contribution in [-0.4, -0.2) is 5.11 Å². The van der Waals surface area contributed by atoms with E-state index in [4.69, 9.17) is 0 Å². The van der Waals surface area contributed by atoms with Crippen molar-refractivity contribution in [1.29, 1.82) is 0 Å². The maximum atomic E-state index is 9.28. The number of rotatable bonds is 5. The number of aliphatic hydroxyl groups is 1. The molecule has 4 aliphatic carbocycles. The van der Waals surface area contributed by atoms with E-state index in [9.17, 15) is 5.11 Å². The lowest BCUT2D eigenvalue weighted by atomic mass is 9.43. The van der Waals surface area contributed by atoms with Crippen molar-refractivity contribution < 1.29 is 5.11 Å². The first kappa shape index (κ1) is 22.5. The van der Waals surface area contributed by atoms with E-state index in [0.29, 0.717) is 10.8 Å². The van der Waals surface area contributed by atoms with Gasteiger partial charge in [-0.25, -0.2) is 0 Å². The molecule has 4 rings (SSSR count). The van der Waals surface area contributed by atoms with Crippen molar-refractivity contribution in [1.82, 2.24) is 0 Å². The highest BCUT2D eigenvalue weighted by Crippen LogP contribution is 2.68. The second kappa shape index (κ2) is 8.32. The quantitative estimate of drug-likeness (QED) is 0.353. The molecule has 4 saturated carbocycles. The van der Waals surface area contributed by atoms with Gasteiger partial charge in [-0.1, -0.05) is 47.1 Å². The fourth-order valence-electron chi connectivity index (χ4n) is 9.66. The van der Waals surface area contributed by atoms with Crippen LogP contribution in [-0.2, 0) is 0 Å². The first-order chi connectivity index (χ1) is 14.2. The van der Waals surface area contributed by atoms with Crippen LogP contribution in [0.15, 0.2) is 24.0 Å². The Balaban J connectivity index is 1.47. The van der Waals surface area contributed by atoms with Crippen molar-refractivity contribution in [3.8, 4) is 0 Å². The Morgan fingerprint density at radius 1 is 1.00 bits per heavy atom. The summed E-state index contributed by atoms with van der Waals surface area (Å²) in [5.74, 6) is 6.58. The highest BCUT2D eigenvalue weighted by atomic mass is 16.2. The molecule has 9 atom stereocenters. The third kappa shape index (κ3) is 3.51. The Morgan fingerprint density at radius 2 is 1.70 bits per heavy atom. The van der Waals surface area contributed by atoms with Crippen LogP contribution in [0.1, 0.15) is 105 Å². The molecule has 4 fully saturated rings. The van der Waals surface area contributed by atoms with Gasteiger partial charge in [-0.15, -0.1) is 0 Å². The van der Waals surface area contributed by atoms with E-state index in [2.05, 4.69) is 34.3 Å². The van der Waals surface area contributed by atoms with Crippen LogP contribution in [0.5, 0.6) is 0 Å². The summed E-state index contributed by atoms with van der Waals surface area (Å²) in [7, 11) is 0. The molecule has 0 aromatic carbocycles. The molecule has 0 amide bonds. The van der Waals surface area contributed by atoms with E-state index in [0.717, 1.165) is 59.0 Å². The van der Waals surface area contributed by atoms with Crippen molar-refractivity contribution >= 4 is 0 Å². The smallest absolute Gasteiger partial charge is 0.0823 e. The molecule has 170 valence electrons. The third-order valence-corrected chi connectivity index (χ3v) is 11.4. The maximum Gasteiger partial charge on any atom is 0.0823 e. The summed E-state index contributed by atoms with van der Waals surface area (Å²) in [6.07, 6.45) is 16.9. The van der Waals surface area contributed by atoms with Crippen molar-refractivity contribution in [3.05, 3.63) is 24.0 Å². The van der Waals surface area contributed by atoms with Crippen LogP contribution >= 0.6 is 0 Å². The van der Waals surface area contributed by atoms with Gasteiger partial charge in [-0.05, 0) is 128 Å². The molecule has 0 aromatic rings. The Hall–Kier alpha value is -0.720. The van der Waals surface area contributed by atoms with Crippen molar-refractivity contribution in [2.75, 3.05) is 0 Å². The summed E-state index contributed by atoms with van der Waals surface area (Å²) in [6.45, 7) is 16.6. The molecular formula is C29H48O. The minimum absolute atomic E-state index is 0.563. The Bertz CT molecular complexity index is 676. The standard InChI is InChI=1S/C29H48O/c1-19(22(4)18-30)9-10-21(3)25-13-14-26-23-11-12-24-20(2)8-7-16-28(24,5)27(23)15-17-29(25,26)6/h18,20-21,23-27,30H,1,7-17H2,2-6H3/t20-,21-,23+,24?,25-,26+,27+,28+,29-/m1/s1. The SMILES string of the molecule is C=C(CC[C@@H](C)[C@H]1CC[C@H]2[C@@H]3CCC4[C@H](C)CCC[C@]4(C)[C@H]3CC[C@]12C)C(C)=CO. The van der Waals surface area contributed by atoms with Gasteiger partial charge in [0.15, 0.2) is 0 Å². The van der Waals surface area contributed by atoms with E-state index in [1.807, 2.05) is 6.92 Å². The predicted octanol–water partition coefficient (Wildman–Crippen LogP) is 8.72. The zero-order chi connectivity index (χ0) is 21.7. The monoisotopic (exact) mass is 412 g/mol. The number of fused-ring (bicyclic) bond motifs is 5. The van der Waals surface area contributed by atoms with Crippen LogP contribution in [0.25, 0.3) is 0 Å². The maximum absolute atomic E-state index is 9.28. The highest BCUT2D eigenvalue weighted by molar-refractivity contribution is 5.24. The predicted molar refractivity (Wildman–Crippen MR) is 128 cm³/mol. The van der Waals surface area contributed by atoms with Crippen molar-refractivity contribution in [3.63, 3.8) is 0 Å². The summed E-state index contributed by atoms with van der Waals surface area (Å²) in [4.78, 5) is 0. The third-order valence-electron chi connectivity index (χ3n) is 11.4. The van der Waals surface area contributed by atoms with E-state index in [-0.39, 0.29) is 0 Å². The summed E-state index contributed by atoms with van der Waals surface area (Å²) < 4.78 is 0. The molecule has 0 heterocycles. The molecule has 0 aromatic heterocycles. The second-order valence-corrected chi connectivity index (χ2v) is 12.6. The number of hydrogen-bond acceptors (Lipinski definition) is 1. The van der Waals surface area contributed by atoms with Crippen LogP contribution in [0, 0.1) is 52.3 Å².